The van der Waals surface area contributed by atoms with Crippen molar-refractivity contribution in [2.45, 2.75) is 71.6 Å². The minimum Gasteiger partial charge on any atom is -0.306 e. The van der Waals surface area contributed by atoms with Gasteiger partial charge in [0.1, 0.15) is 0 Å². The van der Waals surface area contributed by atoms with Crippen LogP contribution in [0.1, 0.15) is 75.6 Å². The molecular formula is C21H33N. The van der Waals surface area contributed by atoms with Crippen LogP contribution in [0.5, 0.6) is 0 Å². The first-order valence-corrected chi connectivity index (χ1v) is 9.06. The molecule has 122 valence electrons. The van der Waals surface area contributed by atoms with Gasteiger partial charge in [-0.15, -0.1) is 0 Å². The molecule has 22 heavy (non-hydrogen) atoms. The number of rotatable bonds is 1. The van der Waals surface area contributed by atoms with Crippen molar-refractivity contribution in [1.82, 2.24) is 4.90 Å². The molecule has 1 aromatic rings. The van der Waals surface area contributed by atoms with Crippen molar-refractivity contribution in [1.29, 1.82) is 0 Å². The van der Waals surface area contributed by atoms with Crippen LogP contribution in [0.15, 0.2) is 12.1 Å². The van der Waals surface area contributed by atoms with Crippen molar-refractivity contribution in [3.63, 3.8) is 0 Å². The third-order valence-electron chi connectivity index (χ3n) is 6.05. The molecule has 0 radical (unpaired) electrons. The van der Waals surface area contributed by atoms with Crippen molar-refractivity contribution in [2.75, 3.05) is 20.1 Å². The quantitative estimate of drug-likeness (QED) is 0.711. The standard InChI is InChI=1S/C21H33N/c1-15(2)16-7-8-19(20(3,4)5)18-14-21(13-17(16)18)9-11-22(6)12-10-21/h7-8,15H,9-14H2,1-6H3. The first kappa shape index (κ1) is 16.1. The summed E-state index contributed by atoms with van der Waals surface area (Å²) in [6.07, 6.45) is 5.40. The Labute approximate surface area is 137 Å². The van der Waals surface area contributed by atoms with Gasteiger partial charge in [-0.1, -0.05) is 46.8 Å². The van der Waals surface area contributed by atoms with E-state index in [1.807, 2.05) is 0 Å². The molecule has 1 heteroatoms. The molecule has 1 nitrogen and oxygen atoms in total. The smallest absolute Gasteiger partial charge is 0.00163 e. The predicted octanol–water partition coefficient (Wildman–Crippen LogP) is 4.92. The maximum atomic E-state index is 2.50. The summed E-state index contributed by atoms with van der Waals surface area (Å²) in [6.45, 7) is 14.4. The number of fused-ring (bicyclic) bond motifs is 1. The predicted molar refractivity (Wildman–Crippen MR) is 95.8 cm³/mol. The van der Waals surface area contributed by atoms with Gasteiger partial charge in [-0.3, -0.25) is 0 Å². The van der Waals surface area contributed by atoms with E-state index in [9.17, 15) is 0 Å². The van der Waals surface area contributed by atoms with Crippen LogP contribution < -0.4 is 0 Å². The lowest BCUT2D eigenvalue weighted by Gasteiger charge is -2.38. The molecule has 1 saturated heterocycles. The van der Waals surface area contributed by atoms with Crippen LogP contribution in [0.3, 0.4) is 0 Å². The van der Waals surface area contributed by atoms with Gasteiger partial charge >= 0.3 is 0 Å². The van der Waals surface area contributed by atoms with E-state index < -0.39 is 0 Å². The molecule has 0 N–H and O–H groups in total. The third-order valence-corrected chi connectivity index (χ3v) is 6.05. The van der Waals surface area contributed by atoms with Gasteiger partial charge in [0.05, 0.1) is 0 Å². The molecule has 0 bridgehead atoms. The van der Waals surface area contributed by atoms with E-state index in [1.165, 1.54) is 38.8 Å². The Morgan fingerprint density at radius 2 is 1.59 bits per heavy atom. The number of piperidine rings is 1. The maximum Gasteiger partial charge on any atom is -0.00163 e. The second-order valence-corrected chi connectivity index (χ2v) is 9.22. The molecule has 1 heterocycles. The summed E-state index contributed by atoms with van der Waals surface area (Å²) in [6, 6.07) is 4.86. The Balaban J connectivity index is 2.03. The summed E-state index contributed by atoms with van der Waals surface area (Å²) in [5, 5.41) is 0. The monoisotopic (exact) mass is 299 g/mol. The first-order valence-electron chi connectivity index (χ1n) is 9.06. The third kappa shape index (κ3) is 2.73. The summed E-state index contributed by atoms with van der Waals surface area (Å²) in [5.41, 5.74) is 7.45. The van der Waals surface area contributed by atoms with Crippen molar-refractivity contribution in [3.8, 4) is 0 Å². The SMILES string of the molecule is CC(C)c1ccc(C(C)(C)C)c2c1CC1(CCN(C)CC1)C2. The molecule has 0 amide bonds. The first-order chi connectivity index (χ1) is 10.2. The lowest BCUT2D eigenvalue weighted by molar-refractivity contribution is 0.131. The number of likely N-dealkylation sites (tertiary alicyclic amines) is 1. The fourth-order valence-corrected chi connectivity index (χ4v) is 4.62. The van der Waals surface area contributed by atoms with Crippen LogP contribution in [0.4, 0.5) is 0 Å². The van der Waals surface area contributed by atoms with E-state index in [0.29, 0.717) is 11.3 Å². The minimum absolute atomic E-state index is 0.260. The maximum absolute atomic E-state index is 2.50. The van der Waals surface area contributed by atoms with Crippen molar-refractivity contribution in [2.24, 2.45) is 5.41 Å². The minimum atomic E-state index is 0.260. The second kappa shape index (κ2) is 5.37. The Morgan fingerprint density at radius 3 is 2.14 bits per heavy atom. The van der Waals surface area contributed by atoms with Crippen LogP contribution in [0.25, 0.3) is 0 Å². The van der Waals surface area contributed by atoms with E-state index >= 15 is 0 Å². The molecule has 1 spiro atoms. The van der Waals surface area contributed by atoms with Gasteiger partial charge < -0.3 is 4.90 Å². The Hall–Kier alpha value is -0.820. The summed E-state index contributed by atoms with van der Waals surface area (Å²) in [7, 11) is 2.27. The van der Waals surface area contributed by atoms with Gasteiger partial charge in [-0.05, 0) is 84.8 Å². The Bertz CT molecular complexity index is 554. The summed E-state index contributed by atoms with van der Waals surface area (Å²) in [5.74, 6) is 0.643. The fraction of sp³-hybridized carbons (Fsp3) is 0.714. The zero-order valence-electron chi connectivity index (χ0n) is 15.4. The van der Waals surface area contributed by atoms with E-state index in [4.69, 9.17) is 0 Å². The van der Waals surface area contributed by atoms with Crippen LogP contribution >= 0.6 is 0 Å². The topological polar surface area (TPSA) is 3.24 Å². The van der Waals surface area contributed by atoms with Crippen molar-refractivity contribution in [3.05, 3.63) is 34.4 Å². The number of hydrogen-bond donors (Lipinski definition) is 0. The van der Waals surface area contributed by atoms with Gasteiger partial charge in [-0.2, -0.15) is 0 Å². The van der Waals surface area contributed by atoms with Gasteiger partial charge in [0, 0.05) is 0 Å². The molecule has 2 aliphatic rings. The van der Waals surface area contributed by atoms with E-state index in [-0.39, 0.29) is 5.41 Å². The summed E-state index contributed by atoms with van der Waals surface area (Å²) >= 11 is 0. The summed E-state index contributed by atoms with van der Waals surface area (Å²) < 4.78 is 0. The molecular weight excluding hydrogens is 266 g/mol. The molecule has 1 aromatic carbocycles. The highest BCUT2D eigenvalue weighted by Gasteiger charge is 2.42. The number of nitrogens with zero attached hydrogens (tertiary/aromatic N) is 1. The highest BCUT2D eigenvalue weighted by atomic mass is 15.1. The number of hydrogen-bond acceptors (Lipinski definition) is 1. The average molecular weight is 300 g/mol. The van der Waals surface area contributed by atoms with Crippen LogP contribution in [-0.4, -0.2) is 25.0 Å². The van der Waals surface area contributed by atoms with Crippen LogP contribution in [-0.2, 0) is 18.3 Å². The van der Waals surface area contributed by atoms with Crippen molar-refractivity contribution >= 4 is 0 Å². The molecule has 0 atom stereocenters. The largest absolute Gasteiger partial charge is 0.306 e. The molecule has 1 fully saturated rings. The van der Waals surface area contributed by atoms with Gasteiger partial charge in [0.2, 0.25) is 0 Å². The summed E-state index contributed by atoms with van der Waals surface area (Å²) in [4.78, 5) is 2.50. The van der Waals surface area contributed by atoms with Gasteiger partial charge in [0.25, 0.3) is 0 Å². The lowest BCUT2D eigenvalue weighted by Crippen LogP contribution is -2.38. The second-order valence-electron chi connectivity index (χ2n) is 9.22. The molecule has 0 saturated carbocycles. The molecule has 1 aliphatic heterocycles. The zero-order chi connectivity index (χ0) is 16.1. The molecule has 0 aromatic heterocycles. The van der Waals surface area contributed by atoms with Crippen LogP contribution in [0, 0.1) is 5.41 Å². The van der Waals surface area contributed by atoms with Gasteiger partial charge in [0.15, 0.2) is 0 Å². The molecule has 1 aliphatic carbocycles. The molecule has 3 rings (SSSR count). The highest BCUT2D eigenvalue weighted by molar-refractivity contribution is 5.49. The molecule has 0 unspecified atom stereocenters. The van der Waals surface area contributed by atoms with Crippen LogP contribution in [0.2, 0.25) is 0 Å². The normalized spacial score (nSPS) is 21.6. The lowest BCUT2D eigenvalue weighted by atomic mass is 9.75. The average Bonchev–Trinajstić information content (AvgIpc) is 2.78. The Morgan fingerprint density at radius 1 is 1.00 bits per heavy atom. The zero-order valence-corrected chi connectivity index (χ0v) is 15.4. The van der Waals surface area contributed by atoms with Gasteiger partial charge in [-0.25, -0.2) is 0 Å². The fourth-order valence-electron chi connectivity index (χ4n) is 4.62. The Kier molecular flexibility index (Phi) is 3.92. The highest BCUT2D eigenvalue weighted by Crippen LogP contribution is 2.49. The number of benzene rings is 1. The van der Waals surface area contributed by atoms with E-state index in [0.717, 1.165) is 0 Å². The van der Waals surface area contributed by atoms with E-state index in [2.05, 4.69) is 58.7 Å². The van der Waals surface area contributed by atoms with E-state index in [1.54, 1.807) is 22.3 Å². The van der Waals surface area contributed by atoms with Crippen molar-refractivity contribution < 1.29 is 0 Å².